The van der Waals surface area contributed by atoms with E-state index in [-0.39, 0.29) is 5.91 Å². The molecule has 1 aromatic carbocycles. The smallest absolute Gasteiger partial charge is 0.342 e. The van der Waals surface area contributed by atoms with Gasteiger partial charge in [-0.3, -0.25) is 4.79 Å². The minimum Gasteiger partial charge on any atom is -0.462 e. The van der Waals surface area contributed by atoms with Crippen molar-refractivity contribution in [2.24, 2.45) is 11.8 Å². The Morgan fingerprint density at radius 3 is 2.56 bits per heavy atom. The SMILES string of the molecule is CC.CCOC(=O)c1c(C)oc2ccc(C(=O)N3CC4CC4C3)cc12. The first kappa shape index (κ1) is 17.5. The maximum Gasteiger partial charge on any atom is 0.342 e. The third-order valence-electron chi connectivity index (χ3n) is 4.86. The summed E-state index contributed by atoms with van der Waals surface area (Å²) in [6.07, 6.45) is 1.26. The predicted molar refractivity (Wildman–Crippen MR) is 95.8 cm³/mol. The van der Waals surface area contributed by atoms with E-state index in [1.165, 1.54) is 6.42 Å². The van der Waals surface area contributed by atoms with Crippen molar-refractivity contribution in [3.05, 3.63) is 35.1 Å². The zero-order valence-electron chi connectivity index (χ0n) is 15.3. The fourth-order valence-corrected chi connectivity index (χ4v) is 3.56. The molecule has 2 unspecified atom stereocenters. The fourth-order valence-electron chi connectivity index (χ4n) is 3.56. The molecule has 0 radical (unpaired) electrons. The van der Waals surface area contributed by atoms with Crippen LogP contribution in [0.1, 0.15) is 53.7 Å². The maximum atomic E-state index is 12.6. The number of rotatable bonds is 3. The molecular formula is C20H25NO4. The highest BCUT2D eigenvalue weighted by molar-refractivity contribution is 6.07. The van der Waals surface area contributed by atoms with E-state index in [2.05, 4.69) is 0 Å². The van der Waals surface area contributed by atoms with Gasteiger partial charge in [0.15, 0.2) is 0 Å². The third kappa shape index (κ3) is 3.15. The predicted octanol–water partition coefficient (Wildman–Crippen LogP) is 4.04. The number of piperidine rings is 1. The first-order valence-corrected chi connectivity index (χ1v) is 9.08. The van der Waals surface area contributed by atoms with Gasteiger partial charge in [0, 0.05) is 24.0 Å². The van der Waals surface area contributed by atoms with Crippen molar-refractivity contribution in [1.29, 1.82) is 0 Å². The molecule has 2 heterocycles. The zero-order chi connectivity index (χ0) is 18.1. The third-order valence-corrected chi connectivity index (χ3v) is 4.86. The monoisotopic (exact) mass is 343 g/mol. The number of likely N-dealkylation sites (tertiary alicyclic amines) is 1. The quantitative estimate of drug-likeness (QED) is 0.789. The lowest BCUT2D eigenvalue weighted by Gasteiger charge is -2.17. The lowest BCUT2D eigenvalue weighted by atomic mass is 10.1. The number of benzene rings is 1. The van der Waals surface area contributed by atoms with Gasteiger partial charge in [-0.1, -0.05) is 13.8 Å². The van der Waals surface area contributed by atoms with Crippen LogP contribution in [0.3, 0.4) is 0 Å². The number of ether oxygens (including phenoxy) is 1. The number of esters is 1. The van der Waals surface area contributed by atoms with E-state index in [0.717, 1.165) is 13.1 Å². The van der Waals surface area contributed by atoms with Crippen molar-refractivity contribution in [2.75, 3.05) is 19.7 Å². The van der Waals surface area contributed by atoms with Crippen LogP contribution in [-0.4, -0.2) is 36.5 Å². The highest BCUT2D eigenvalue weighted by Gasteiger charge is 2.46. The molecule has 1 aromatic heterocycles. The number of fused-ring (bicyclic) bond motifs is 2. The van der Waals surface area contributed by atoms with Crippen molar-refractivity contribution in [1.82, 2.24) is 4.90 Å². The summed E-state index contributed by atoms with van der Waals surface area (Å²) >= 11 is 0. The number of hydrogen-bond acceptors (Lipinski definition) is 4. The second-order valence-corrected chi connectivity index (χ2v) is 6.43. The summed E-state index contributed by atoms with van der Waals surface area (Å²) in [6, 6.07) is 5.28. The molecule has 134 valence electrons. The van der Waals surface area contributed by atoms with Crippen molar-refractivity contribution in [2.45, 2.75) is 34.1 Å². The number of amides is 1. The molecule has 2 aliphatic rings. The Morgan fingerprint density at radius 2 is 1.92 bits per heavy atom. The Kier molecular flexibility index (Phi) is 4.84. The van der Waals surface area contributed by atoms with Gasteiger partial charge in [-0.15, -0.1) is 0 Å². The van der Waals surface area contributed by atoms with Gasteiger partial charge in [-0.2, -0.15) is 0 Å². The van der Waals surface area contributed by atoms with Gasteiger partial charge in [0.05, 0.1) is 6.61 Å². The molecule has 0 bridgehead atoms. The second-order valence-electron chi connectivity index (χ2n) is 6.43. The highest BCUT2D eigenvalue weighted by atomic mass is 16.5. The van der Waals surface area contributed by atoms with Crippen LogP contribution in [0.15, 0.2) is 22.6 Å². The Bertz CT molecular complexity index is 797. The first-order chi connectivity index (χ1) is 12.1. The summed E-state index contributed by atoms with van der Waals surface area (Å²) in [5.41, 5.74) is 1.62. The molecule has 2 atom stereocenters. The molecule has 1 saturated carbocycles. The molecule has 4 rings (SSSR count). The number of hydrogen-bond donors (Lipinski definition) is 0. The molecule has 25 heavy (non-hydrogen) atoms. The summed E-state index contributed by atoms with van der Waals surface area (Å²) in [5, 5.41) is 0.649. The van der Waals surface area contributed by atoms with Crippen molar-refractivity contribution in [3.8, 4) is 0 Å². The second kappa shape index (κ2) is 6.90. The van der Waals surface area contributed by atoms with Gasteiger partial charge >= 0.3 is 5.97 Å². The molecule has 2 aromatic rings. The van der Waals surface area contributed by atoms with E-state index in [4.69, 9.17) is 9.15 Å². The Balaban J connectivity index is 0.000000880. The Morgan fingerprint density at radius 1 is 1.24 bits per heavy atom. The molecule has 5 nitrogen and oxygen atoms in total. The maximum absolute atomic E-state index is 12.6. The number of furan rings is 1. The van der Waals surface area contributed by atoms with Crippen LogP contribution in [0.2, 0.25) is 0 Å². The van der Waals surface area contributed by atoms with Gasteiger partial charge < -0.3 is 14.1 Å². The molecule has 1 aliphatic carbocycles. The summed E-state index contributed by atoms with van der Waals surface area (Å²) in [4.78, 5) is 26.7. The van der Waals surface area contributed by atoms with Crippen molar-refractivity contribution >= 4 is 22.8 Å². The number of carbonyl (C=O) groups excluding carboxylic acids is 2. The number of nitrogens with zero attached hydrogens (tertiary/aromatic N) is 1. The average Bonchev–Trinajstić information content (AvgIpc) is 3.08. The van der Waals surface area contributed by atoms with Crippen molar-refractivity contribution < 1.29 is 18.7 Å². The summed E-state index contributed by atoms with van der Waals surface area (Å²) in [5.74, 6) is 1.55. The number of carbonyl (C=O) groups is 2. The average molecular weight is 343 g/mol. The van der Waals surface area contributed by atoms with Crippen LogP contribution in [0.25, 0.3) is 11.0 Å². The van der Waals surface area contributed by atoms with E-state index >= 15 is 0 Å². The largest absolute Gasteiger partial charge is 0.462 e. The standard InChI is InChI=1S/C18H19NO4.C2H6/c1-3-22-18(21)16-10(2)23-15-5-4-11(7-14(15)16)17(20)19-8-12-6-13(12)9-19;1-2/h4-5,7,12-13H,3,6,8-9H2,1-2H3;1-2H3. The minimum absolute atomic E-state index is 0.0350. The van der Waals surface area contributed by atoms with Crippen LogP contribution < -0.4 is 0 Å². The molecular weight excluding hydrogens is 318 g/mol. The van der Waals surface area contributed by atoms with Crippen LogP contribution in [0.5, 0.6) is 0 Å². The van der Waals surface area contributed by atoms with Gasteiger partial charge in [0.1, 0.15) is 16.9 Å². The summed E-state index contributed by atoms with van der Waals surface area (Å²) in [7, 11) is 0. The molecule has 5 heteroatoms. The van der Waals surface area contributed by atoms with Crippen LogP contribution >= 0.6 is 0 Å². The van der Waals surface area contributed by atoms with Crippen molar-refractivity contribution in [3.63, 3.8) is 0 Å². The van der Waals surface area contributed by atoms with Gasteiger partial charge in [0.2, 0.25) is 0 Å². The highest BCUT2D eigenvalue weighted by Crippen LogP contribution is 2.45. The normalized spacial score (nSPS) is 20.7. The van der Waals surface area contributed by atoms with E-state index in [0.29, 0.717) is 46.3 Å². The molecule has 2 fully saturated rings. The fraction of sp³-hybridized carbons (Fsp3) is 0.500. The molecule has 1 saturated heterocycles. The molecule has 1 amide bonds. The molecule has 0 spiro atoms. The first-order valence-electron chi connectivity index (χ1n) is 9.08. The van der Waals surface area contributed by atoms with Gasteiger partial charge in [-0.25, -0.2) is 4.79 Å². The summed E-state index contributed by atoms with van der Waals surface area (Å²) < 4.78 is 10.7. The lowest BCUT2D eigenvalue weighted by Crippen LogP contribution is -2.30. The lowest BCUT2D eigenvalue weighted by molar-refractivity contribution is 0.0526. The van der Waals surface area contributed by atoms with E-state index in [1.807, 2.05) is 18.7 Å². The number of aryl methyl sites for hydroxylation is 1. The Labute approximate surface area is 147 Å². The van der Waals surface area contributed by atoms with Gasteiger partial charge in [-0.05, 0) is 50.3 Å². The Hall–Kier alpha value is -2.30. The van der Waals surface area contributed by atoms with Crippen LogP contribution in [0.4, 0.5) is 0 Å². The minimum atomic E-state index is -0.407. The topological polar surface area (TPSA) is 59.8 Å². The van der Waals surface area contributed by atoms with Crippen LogP contribution in [0, 0.1) is 18.8 Å². The van der Waals surface area contributed by atoms with E-state index in [9.17, 15) is 9.59 Å². The molecule has 0 N–H and O–H groups in total. The summed E-state index contributed by atoms with van der Waals surface area (Å²) in [6.45, 7) is 9.53. The molecule has 1 aliphatic heterocycles. The van der Waals surface area contributed by atoms with E-state index < -0.39 is 5.97 Å². The van der Waals surface area contributed by atoms with E-state index in [1.54, 1.807) is 32.0 Å². The van der Waals surface area contributed by atoms with Crippen LogP contribution in [-0.2, 0) is 4.74 Å². The van der Waals surface area contributed by atoms with Gasteiger partial charge in [0.25, 0.3) is 5.91 Å². The zero-order valence-corrected chi connectivity index (χ0v) is 15.3.